The summed E-state index contributed by atoms with van der Waals surface area (Å²) in [6, 6.07) is 0. The van der Waals surface area contributed by atoms with Gasteiger partial charge in [0, 0.05) is 17.8 Å². The predicted molar refractivity (Wildman–Crippen MR) is 116 cm³/mol. The Morgan fingerprint density at radius 1 is 1.12 bits per heavy atom. The number of methoxy groups -OCH3 is 2. The SMILES string of the molecule is COC(=O)/C(OC)=C1\CCC2C3CC=C4CC5(OCCO5)C5COCC4(C5)C3CCC12C. The molecule has 2 spiro atoms. The Morgan fingerprint density at radius 2 is 1.94 bits per heavy atom. The molecule has 6 atom stereocenters. The number of carbonyl (C=O) groups excluding carboxylic acids is 1. The van der Waals surface area contributed by atoms with Gasteiger partial charge in [-0.2, -0.15) is 0 Å². The highest BCUT2D eigenvalue weighted by Crippen LogP contribution is 2.68. The molecule has 2 aliphatic heterocycles. The highest BCUT2D eigenvalue weighted by atomic mass is 16.7. The Kier molecular flexibility index (Phi) is 4.84. The molecular formula is C26H36O6. The Labute approximate surface area is 190 Å². The third kappa shape index (κ3) is 2.66. The van der Waals surface area contributed by atoms with Crippen molar-refractivity contribution in [2.45, 2.75) is 57.7 Å². The molecule has 0 radical (unpaired) electrons. The topological polar surface area (TPSA) is 63.2 Å². The van der Waals surface area contributed by atoms with Crippen LogP contribution in [0.3, 0.4) is 0 Å². The van der Waals surface area contributed by atoms with E-state index in [1.807, 2.05) is 0 Å². The van der Waals surface area contributed by atoms with Crippen molar-refractivity contribution in [3.63, 3.8) is 0 Å². The first-order chi connectivity index (χ1) is 15.5. The molecule has 0 amide bonds. The molecule has 0 aromatic rings. The van der Waals surface area contributed by atoms with E-state index in [0.29, 0.717) is 42.6 Å². The lowest BCUT2D eigenvalue weighted by Crippen LogP contribution is -2.61. The fourth-order valence-electron chi connectivity index (χ4n) is 8.80. The van der Waals surface area contributed by atoms with Gasteiger partial charge in [-0.3, -0.25) is 0 Å². The number of ether oxygens (including phenoxy) is 5. The summed E-state index contributed by atoms with van der Waals surface area (Å²) in [7, 11) is 3.04. The van der Waals surface area contributed by atoms with Crippen LogP contribution in [0.1, 0.15) is 51.9 Å². The average Bonchev–Trinajstić information content (AvgIpc) is 3.41. The number of allylic oxidation sites excluding steroid dienone is 2. The van der Waals surface area contributed by atoms with Crippen LogP contribution in [-0.4, -0.2) is 52.4 Å². The van der Waals surface area contributed by atoms with Crippen molar-refractivity contribution in [2.24, 2.45) is 34.5 Å². The number of esters is 1. The maximum absolute atomic E-state index is 12.4. The zero-order valence-corrected chi connectivity index (χ0v) is 19.6. The molecule has 0 aromatic heterocycles. The first-order valence-corrected chi connectivity index (χ1v) is 12.4. The van der Waals surface area contributed by atoms with Gasteiger partial charge in [-0.05, 0) is 67.3 Å². The van der Waals surface area contributed by atoms with E-state index in [-0.39, 0.29) is 16.8 Å². The Morgan fingerprint density at radius 3 is 2.69 bits per heavy atom. The van der Waals surface area contributed by atoms with E-state index in [1.165, 1.54) is 24.7 Å². The number of fused-ring (bicyclic) bond motifs is 5. The molecule has 6 rings (SSSR count). The Balaban J connectivity index is 1.35. The zero-order valence-electron chi connectivity index (χ0n) is 19.6. The van der Waals surface area contributed by atoms with Crippen LogP contribution in [0.4, 0.5) is 0 Å². The maximum atomic E-state index is 12.4. The van der Waals surface area contributed by atoms with Crippen LogP contribution < -0.4 is 0 Å². The summed E-state index contributed by atoms with van der Waals surface area (Å²) in [5, 5.41) is 0. The van der Waals surface area contributed by atoms with Crippen LogP contribution in [0.5, 0.6) is 0 Å². The monoisotopic (exact) mass is 444 g/mol. The van der Waals surface area contributed by atoms with Crippen LogP contribution in [0.2, 0.25) is 0 Å². The van der Waals surface area contributed by atoms with Crippen LogP contribution in [0.25, 0.3) is 0 Å². The number of hydrogen-bond donors (Lipinski definition) is 0. The van der Waals surface area contributed by atoms with Crippen LogP contribution >= 0.6 is 0 Å². The smallest absolute Gasteiger partial charge is 0.373 e. The van der Waals surface area contributed by atoms with E-state index in [0.717, 1.165) is 51.7 Å². The number of rotatable bonds is 2. The minimum atomic E-state index is -0.455. The molecule has 0 aromatic carbocycles. The predicted octanol–water partition coefficient (Wildman–Crippen LogP) is 4.00. The van der Waals surface area contributed by atoms with E-state index in [2.05, 4.69) is 13.0 Å². The molecule has 6 heteroatoms. The average molecular weight is 445 g/mol. The molecule has 0 N–H and O–H groups in total. The van der Waals surface area contributed by atoms with E-state index >= 15 is 0 Å². The second-order valence-corrected chi connectivity index (χ2v) is 11.1. The molecule has 5 fully saturated rings. The van der Waals surface area contributed by atoms with Crippen molar-refractivity contribution >= 4 is 5.97 Å². The van der Waals surface area contributed by atoms with Gasteiger partial charge in [0.1, 0.15) is 0 Å². The third-order valence-electron chi connectivity index (χ3n) is 10.2. The Hall–Kier alpha value is -1.37. The summed E-state index contributed by atoms with van der Waals surface area (Å²) >= 11 is 0. The lowest BCUT2D eigenvalue weighted by atomic mass is 9.45. The van der Waals surface area contributed by atoms with Crippen LogP contribution in [-0.2, 0) is 28.5 Å². The summed E-state index contributed by atoms with van der Waals surface area (Å²) in [5.74, 6) is 1.78. The van der Waals surface area contributed by atoms with Gasteiger partial charge < -0.3 is 23.7 Å². The van der Waals surface area contributed by atoms with Crippen molar-refractivity contribution in [1.82, 2.24) is 0 Å². The van der Waals surface area contributed by atoms with Gasteiger partial charge in [-0.25, -0.2) is 4.79 Å². The van der Waals surface area contributed by atoms with Crippen molar-refractivity contribution in [3.05, 3.63) is 23.0 Å². The standard InChI is InChI=1S/C26H36O6/c1-24-9-8-20-18(19(24)6-7-21(24)22(28-2)23(27)29-3)5-4-16-13-26(31-10-11-32-26)17-12-25(16,20)15-30-14-17/h4,17-20H,5-15H2,1-3H3/b22-21-. The summed E-state index contributed by atoms with van der Waals surface area (Å²) in [6.07, 6.45) is 9.97. The van der Waals surface area contributed by atoms with E-state index in [1.54, 1.807) is 7.11 Å². The maximum Gasteiger partial charge on any atom is 0.373 e. The van der Waals surface area contributed by atoms with Crippen LogP contribution in [0.15, 0.2) is 23.0 Å². The first kappa shape index (κ1) is 21.2. The second-order valence-electron chi connectivity index (χ2n) is 11.1. The zero-order chi connectivity index (χ0) is 22.1. The molecular weight excluding hydrogens is 408 g/mol. The normalized spacial score (nSPS) is 45.4. The van der Waals surface area contributed by atoms with Crippen molar-refractivity contribution in [1.29, 1.82) is 0 Å². The third-order valence-corrected chi connectivity index (χ3v) is 10.2. The highest BCUT2D eigenvalue weighted by Gasteiger charge is 2.65. The van der Waals surface area contributed by atoms with Gasteiger partial charge >= 0.3 is 5.97 Å². The molecule has 176 valence electrons. The second kappa shape index (κ2) is 7.31. The van der Waals surface area contributed by atoms with Gasteiger partial charge in [0.05, 0.1) is 40.6 Å². The number of hydrogen-bond acceptors (Lipinski definition) is 6. The molecule has 6 aliphatic rings. The van der Waals surface area contributed by atoms with Crippen molar-refractivity contribution in [3.8, 4) is 0 Å². The highest BCUT2D eigenvalue weighted by molar-refractivity contribution is 5.87. The lowest BCUT2D eigenvalue weighted by Gasteiger charge is -2.62. The van der Waals surface area contributed by atoms with Crippen molar-refractivity contribution < 1.29 is 28.5 Å². The molecule has 4 aliphatic carbocycles. The summed E-state index contributed by atoms with van der Waals surface area (Å²) in [5.41, 5.74) is 2.84. The minimum Gasteiger partial charge on any atom is -0.490 e. The van der Waals surface area contributed by atoms with Gasteiger partial charge in [0.25, 0.3) is 0 Å². The quantitative estimate of drug-likeness (QED) is 0.278. The summed E-state index contributed by atoms with van der Waals surface area (Å²) < 4.78 is 29.4. The minimum absolute atomic E-state index is 0.00513. The first-order valence-electron chi connectivity index (χ1n) is 12.4. The summed E-state index contributed by atoms with van der Waals surface area (Å²) in [6.45, 7) is 5.34. The van der Waals surface area contributed by atoms with Crippen LogP contribution in [0, 0.1) is 34.5 Å². The van der Waals surface area contributed by atoms with Gasteiger partial charge in [-0.1, -0.05) is 18.6 Å². The fraction of sp³-hybridized carbons (Fsp3) is 0.808. The molecule has 2 bridgehead atoms. The van der Waals surface area contributed by atoms with Gasteiger partial charge in [-0.15, -0.1) is 0 Å². The molecule has 2 heterocycles. The number of carbonyl (C=O) groups is 1. The van der Waals surface area contributed by atoms with Gasteiger partial charge in [0.2, 0.25) is 5.76 Å². The summed E-state index contributed by atoms with van der Waals surface area (Å²) in [4.78, 5) is 12.4. The largest absolute Gasteiger partial charge is 0.490 e. The molecule has 3 saturated carbocycles. The molecule has 6 unspecified atom stereocenters. The Bertz CT molecular complexity index is 870. The fourth-order valence-corrected chi connectivity index (χ4v) is 8.80. The molecule has 32 heavy (non-hydrogen) atoms. The van der Waals surface area contributed by atoms with E-state index < -0.39 is 5.79 Å². The lowest BCUT2D eigenvalue weighted by molar-refractivity contribution is -0.258. The van der Waals surface area contributed by atoms with Crippen molar-refractivity contribution in [2.75, 3.05) is 40.6 Å². The van der Waals surface area contributed by atoms with Gasteiger partial charge in [0.15, 0.2) is 5.79 Å². The molecule has 6 nitrogen and oxygen atoms in total. The van der Waals surface area contributed by atoms with E-state index in [4.69, 9.17) is 23.7 Å². The van der Waals surface area contributed by atoms with E-state index in [9.17, 15) is 4.79 Å². The molecule has 2 saturated heterocycles.